The lowest BCUT2D eigenvalue weighted by atomic mass is 10.1. The van der Waals surface area contributed by atoms with Gasteiger partial charge in [0.05, 0.1) is 10.6 Å². The predicted octanol–water partition coefficient (Wildman–Crippen LogP) is 7.00. The number of carbonyl (C=O) groups is 1. The minimum absolute atomic E-state index is 0.0195. The normalized spacial score (nSPS) is 12.0. The van der Waals surface area contributed by atoms with Crippen LogP contribution in [-0.4, -0.2) is 35.1 Å². The number of carbonyl (C=O) groups excluding carboxylic acids is 1. The third kappa shape index (κ3) is 6.26. The van der Waals surface area contributed by atoms with Crippen molar-refractivity contribution >= 4 is 46.0 Å². The topological polar surface area (TPSA) is 61.7 Å². The highest BCUT2D eigenvalue weighted by Gasteiger charge is 2.34. The Morgan fingerprint density at radius 1 is 1.00 bits per heavy atom. The number of imidazole rings is 1. The molecule has 0 atom stereocenters. The molecule has 1 amide bonds. The van der Waals surface area contributed by atoms with Crippen LogP contribution in [0.3, 0.4) is 0 Å². The number of rotatable bonds is 6. The number of anilines is 4. The zero-order valence-electron chi connectivity index (χ0n) is 19.0. The van der Waals surface area contributed by atoms with Gasteiger partial charge in [-0.25, -0.2) is 4.98 Å². The van der Waals surface area contributed by atoms with E-state index in [2.05, 4.69) is 15.6 Å². The van der Waals surface area contributed by atoms with Crippen LogP contribution in [0.4, 0.5) is 49.2 Å². The van der Waals surface area contributed by atoms with Gasteiger partial charge in [-0.1, -0.05) is 17.7 Å². The van der Waals surface area contributed by atoms with Gasteiger partial charge in [-0.05, 0) is 54.6 Å². The standard InChI is InChI=1S/C24H18ClF6N5O/c1-35(13-23(26,27)28)16-9-10-17(18(25)11-16)22(37)33-15-7-5-14(6-8-15)32-20-3-2-4-21-34-19(12-36(20)21)24(29,30)31/h2-12,32H,13H2,1H3,(H,33,37). The lowest BCUT2D eigenvalue weighted by Gasteiger charge is -2.21. The number of amides is 1. The van der Waals surface area contributed by atoms with Crippen molar-refractivity contribution in [2.75, 3.05) is 29.1 Å². The summed E-state index contributed by atoms with van der Waals surface area (Å²) in [4.78, 5) is 17.2. The van der Waals surface area contributed by atoms with Crippen LogP contribution < -0.4 is 15.5 Å². The highest BCUT2D eigenvalue weighted by Crippen LogP contribution is 2.30. The number of aromatic nitrogens is 2. The molecule has 0 saturated carbocycles. The van der Waals surface area contributed by atoms with Crippen molar-refractivity contribution < 1.29 is 31.1 Å². The van der Waals surface area contributed by atoms with Gasteiger partial charge in [-0.3, -0.25) is 9.20 Å². The van der Waals surface area contributed by atoms with E-state index in [1.807, 2.05) is 0 Å². The second kappa shape index (κ2) is 9.85. The molecule has 2 N–H and O–H groups in total. The molecule has 0 saturated heterocycles. The Morgan fingerprint density at radius 2 is 1.68 bits per heavy atom. The number of fused-ring (bicyclic) bond motifs is 1. The SMILES string of the molecule is CN(CC(F)(F)F)c1ccc(C(=O)Nc2ccc(Nc3cccc4nc(C(F)(F)F)cn34)cc2)c(Cl)c1. The van der Waals surface area contributed by atoms with Crippen LogP contribution in [0.1, 0.15) is 16.1 Å². The van der Waals surface area contributed by atoms with Crippen LogP contribution >= 0.6 is 11.6 Å². The molecule has 4 aromatic rings. The van der Waals surface area contributed by atoms with Gasteiger partial charge in [0.1, 0.15) is 18.0 Å². The first-order valence-corrected chi connectivity index (χ1v) is 11.0. The van der Waals surface area contributed by atoms with E-state index in [0.717, 1.165) is 11.1 Å². The molecular formula is C24H18ClF6N5O. The number of nitrogens with one attached hydrogen (secondary N) is 2. The van der Waals surface area contributed by atoms with Crippen molar-refractivity contribution in [3.8, 4) is 0 Å². The molecule has 2 heterocycles. The van der Waals surface area contributed by atoms with Crippen molar-refractivity contribution in [1.82, 2.24) is 9.38 Å². The maximum absolute atomic E-state index is 13.0. The van der Waals surface area contributed by atoms with Crippen LogP contribution in [0.5, 0.6) is 0 Å². The van der Waals surface area contributed by atoms with E-state index < -0.39 is 30.5 Å². The Bertz CT molecular complexity index is 1430. The number of hydrogen-bond donors (Lipinski definition) is 2. The summed E-state index contributed by atoms with van der Waals surface area (Å²) in [5.74, 6) is -0.224. The van der Waals surface area contributed by atoms with E-state index in [1.165, 1.54) is 35.7 Å². The van der Waals surface area contributed by atoms with E-state index >= 15 is 0 Å². The van der Waals surface area contributed by atoms with Crippen molar-refractivity contribution in [3.05, 3.63) is 83.1 Å². The summed E-state index contributed by atoms with van der Waals surface area (Å²) in [6, 6.07) is 14.9. The summed E-state index contributed by atoms with van der Waals surface area (Å²) in [6.07, 6.45) is -8.08. The molecule has 0 bridgehead atoms. The highest BCUT2D eigenvalue weighted by molar-refractivity contribution is 6.34. The third-order valence-corrected chi connectivity index (χ3v) is 5.56. The van der Waals surface area contributed by atoms with E-state index in [1.54, 1.807) is 36.4 Å². The minimum atomic E-state index is -4.58. The number of alkyl halides is 6. The van der Waals surface area contributed by atoms with Crippen LogP contribution in [-0.2, 0) is 6.18 Å². The first-order chi connectivity index (χ1) is 17.3. The van der Waals surface area contributed by atoms with Gasteiger partial charge >= 0.3 is 12.4 Å². The number of halogens is 7. The summed E-state index contributed by atoms with van der Waals surface area (Å²) in [7, 11) is 1.26. The number of nitrogens with zero attached hydrogens (tertiary/aromatic N) is 3. The molecule has 2 aromatic heterocycles. The van der Waals surface area contributed by atoms with Gasteiger partial charge in [0.25, 0.3) is 5.91 Å². The molecule has 0 fully saturated rings. The fraction of sp³-hybridized carbons (Fsp3) is 0.167. The van der Waals surface area contributed by atoms with Crippen molar-refractivity contribution in [2.45, 2.75) is 12.4 Å². The van der Waals surface area contributed by atoms with Gasteiger partial charge in [0.2, 0.25) is 0 Å². The van der Waals surface area contributed by atoms with Gasteiger partial charge < -0.3 is 15.5 Å². The molecule has 0 aliphatic carbocycles. The Balaban J connectivity index is 1.45. The lowest BCUT2D eigenvalue weighted by molar-refractivity contribution is -0.140. The molecule has 4 rings (SSSR count). The van der Waals surface area contributed by atoms with E-state index in [4.69, 9.17) is 11.6 Å². The smallest absolute Gasteiger partial charge is 0.366 e. The molecular weight excluding hydrogens is 524 g/mol. The minimum Gasteiger partial charge on any atom is -0.366 e. The van der Waals surface area contributed by atoms with Gasteiger partial charge in [-0.15, -0.1) is 0 Å². The monoisotopic (exact) mass is 541 g/mol. The zero-order valence-corrected chi connectivity index (χ0v) is 19.7. The summed E-state index contributed by atoms with van der Waals surface area (Å²) < 4.78 is 78.2. The van der Waals surface area contributed by atoms with E-state index in [-0.39, 0.29) is 21.9 Å². The zero-order chi connectivity index (χ0) is 27.0. The van der Waals surface area contributed by atoms with E-state index in [0.29, 0.717) is 17.2 Å². The van der Waals surface area contributed by atoms with Gasteiger partial charge in [-0.2, -0.15) is 26.3 Å². The number of benzene rings is 2. The average molecular weight is 542 g/mol. The summed E-state index contributed by atoms with van der Waals surface area (Å²) in [6.45, 7) is -1.17. The first kappa shape index (κ1) is 26.1. The Kier molecular flexibility index (Phi) is 6.96. The van der Waals surface area contributed by atoms with Crippen molar-refractivity contribution in [1.29, 1.82) is 0 Å². The van der Waals surface area contributed by atoms with Crippen LogP contribution in [0.2, 0.25) is 5.02 Å². The largest absolute Gasteiger partial charge is 0.434 e. The fourth-order valence-electron chi connectivity index (χ4n) is 3.52. The van der Waals surface area contributed by atoms with Crippen LogP contribution in [0, 0.1) is 0 Å². The molecule has 0 spiro atoms. The van der Waals surface area contributed by atoms with Gasteiger partial charge in [0.15, 0.2) is 5.69 Å². The summed E-state index contributed by atoms with van der Waals surface area (Å²) in [5, 5.41) is 5.63. The molecule has 37 heavy (non-hydrogen) atoms. The Morgan fingerprint density at radius 3 is 2.30 bits per heavy atom. The quantitative estimate of drug-likeness (QED) is 0.258. The van der Waals surface area contributed by atoms with E-state index in [9.17, 15) is 31.1 Å². The molecule has 0 radical (unpaired) electrons. The molecule has 194 valence electrons. The third-order valence-electron chi connectivity index (χ3n) is 5.25. The van der Waals surface area contributed by atoms with Crippen molar-refractivity contribution in [3.63, 3.8) is 0 Å². The predicted molar refractivity (Wildman–Crippen MR) is 129 cm³/mol. The van der Waals surface area contributed by atoms with Gasteiger partial charge in [0, 0.05) is 30.3 Å². The maximum atomic E-state index is 13.0. The van der Waals surface area contributed by atoms with Crippen LogP contribution in [0.15, 0.2) is 66.9 Å². The second-order valence-electron chi connectivity index (χ2n) is 8.05. The molecule has 0 aliphatic rings. The Hall–Kier alpha value is -3.93. The second-order valence-corrected chi connectivity index (χ2v) is 8.46. The number of pyridine rings is 1. The molecule has 0 aliphatic heterocycles. The fourth-order valence-corrected chi connectivity index (χ4v) is 3.78. The number of hydrogen-bond acceptors (Lipinski definition) is 4. The first-order valence-electron chi connectivity index (χ1n) is 10.6. The molecule has 2 aromatic carbocycles. The molecule has 13 heteroatoms. The van der Waals surface area contributed by atoms with Crippen molar-refractivity contribution in [2.24, 2.45) is 0 Å². The summed E-state index contributed by atoms with van der Waals surface area (Å²) >= 11 is 6.14. The molecule has 0 unspecified atom stereocenters. The lowest BCUT2D eigenvalue weighted by Crippen LogP contribution is -2.30. The molecule has 6 nitrogen and oxygen atoms in total. The maximum Gasteiger partial charge on any atom is 0.434 e. The summed E-state index contributed by atoms with van der Waals surface area (Å²) in [5.41, 5.74) is 0.296. The van der Waals surface area contributed by atoms with Crippen LogP contribution in [0.25, 0.3) is 5.65 Å². The highest BCUT2D eigenvalue weighted by atomic mass is 35.5. The average Bonchev–Trinajstić information content (AvgIpc) is 3.25. The Labute approximate surface area is 211 Å².